The van der Waals surface area contributed by atoms with Crippen molar-refractivity contribution in [3.63, 3.8) is 0 Å². The average Bonchev–Trinajstić information content (AvgIpc) is 1.03. The van der Waals surface area contributed by atoms with Gasteiger partial charge in [0, 0.05) is 133 Å². The molecule has 736 valence electrons. The molecule has 0 spiro atoms. The molecule has 8 aromatic carbocycles. The minimum atomic E-state index is -1.78. The number of nitrogens with zero attached hydrogens (tertiary/aromatic N) is 7. The van der Waals surface area contributed by atoms with Gasteiger partial charge >= 0.3 is 37.7 Å². The second-order valence-electron chi connectivity index (χ2n) is 29.5. The van der Waals surface area contributed by atoms with Gasteiger partial charge in [-0.15, -0.1) is 17.7 Å². The number of aldehydes is 1. The number of unbranched alkanes of at least 4 members (excludes halogenated alkanes) is 1. The van der Waals surface area contributed by atoms with E-state index >= 15 is 0 Å². The van der Waals surface area contributed by atoms with Crippen LogP contribution in [0, 0.1) is 13.0 Å². The van der Waals surface area contributed by atoms with Gasteiger partial charge in [-0.3, -0.25) is 19.2 Å². The molecule has 4 aromatic heterocycles. The molecule has 39 heteroatoms. The number of methoxy groups -OCH3 is 8. The number of likely N-dealkylation sites (N-methyl/N-ethyl adjacent to an activating group) is 1. The van der Waals surface area contributed by atoms with Gasteiger partial charge in [0.05, 0.1) is 31.3 Å². The summed E-state index contributed by atoms with van der Waals surface area (Å²) >= 11 is 51.6. The number of carbonyl (C=O) groups excluding carboxylic acids is 3. The molecule has 0 bridgehead atoms. The zero-order valence-corrected chi connectivity index (χ0v) is 89.2. The summed E-state index contributed by atoms with van der Waals surface area (Å²) in [7, 11) is 13.9. The van der Waals surface area contributed by atoms with E-state index in [9.17, 15) is 24.6 Å². The van der Waals surface area contributed by atoms with Crippen molar-refractivity contribution in [2.24, 2.45) is 0 Å². The van der Waals surface area contributed by atoms with Crippen molar-refractivity contribution in [3.05, 3.63) is 321 Å². The summed E-state index contributed by atoms with van der Waals surface area (Å²) in [5.74, 6) is -1.75. The van der Waals surface area contributed by atoms with Crippen molar-refractivity contribution >= 4 is 198 Å². The molecular weight excluding hydrogens is 2140 g/mol. The molecule has 3 fully saturated rings. The Kier molecular flexibility index (Phi) is 58.7. The third kappa shape index (κ3) is 35.6. The number of aromatic nitrogens is 6. The zero-order valence-electron chi connectivity index (χ0n) is 77.5. The van der Waals surface area contributed by atoms with Gasteiger partial charge in [-0.1, -0.05) is 205 Å². The van der Waals surface area contributed by atoms with E-state index in [1.165, 1.54) is 53.7 Å². The van der Waals surface area contributed by atoms with E-state index in [1.807, 2.05) is 62.4 Å². The zero-order chi connectivity index (χ0) is 97.1. The minimum Gasteiger partial charge on any atom is -1.00 e. The number of aliphatic hydroxyl groups is 2. The second-order valence-corrected chi connectivity index (χ2v) is 38.4. The monoisotopic (exact) mass is 2250 g/mol. The van der Waals surface area contributed by atoms with Gasteiger partial charge in [0.2, 0.25) is 0 Å². The van der Waals surface area contributed by atoms with Gasteiger partial charge in [-0.05, 0) is 158 Å². The Hall–Kier alpha value is -5.83. The van der Waals surface area contributed by atoms with E-state index in [1.54, 1.807) is 141 Å². The van der Waals surface area contributed by atoms with Crippen molar-refractivity contribution in [2.75, 3.05) is 77.4 Å². The fraction of sp³-hybridized carbons (Fsp3) is 0.333. The number of ether oxygens (including phenoxy) is 12. The summed E-state index contributed by atoms with van der Waals surface area (Å²) < 4.78 is 71.9. The van der Waals surface area contributed by atoms with Crippen LogP contribution >= 0.6 is 136 Å². The smallest absolute Gasteiger partial charge is 1.00 e. The summed E-state index contributed by atoms with van der Waals surface area (Å²) in [6, 6.07) is 65.7. The van der Waals surface area contributed by atoms with E-state index in [0.717, 1.165) is 47.9 Å². The van der Waals surface area contributed by atoms with E-state index < -0.39 is 74.3 Å². The van der Waals surface area contributed by atoms with Crippen molar-refractivity contribution < 1.29 is 136 Å². The van der Waals surface area contributed by atoms with Crippen LogP contribution < -0.4 is 66.0 Å². The predicted molar refractivity (Wildman–Crippen MR) is 549 cm³/mol. The second kappa shape index (κ2) is 64.1. The number of rotatable bonds is 27. The first-order chi connectivity index (χ1) is 63.9. The Morgan fingerprint density at radius 1 is 0.551 bits per heavy atom. The number of fused-ring (bicyclic) bond motifs is 3. The molecule has 0 aliphatic carbocycles. The Morgan fingerprint density at radius 2 is 0.971 bits per heavy atom. The average molecular weight is 2260 g/mol. The van der Waals surface area contributed by atoms with Crippen LogP contribution in [0.15, 0.2) is 239 Å². The number of hydroxylamine groups is 2. The maximum absolute atomic E-state index is 13.9. The van der Waals surface area contributed by atoms with Gasteiger partial charge in [0.15, 0.2) is 67.7 Å². The van der Waals surface area contributed by atoms with E-state index in [0.29, 0.717) is 94.6 Å². The molecule has 3 aliphatic heterocycles. The molecule has 15 rings (SSSR count). The van der Waals surface area contributed by atoms with Crippen LogP contribution in [0.1, 0.15) is 104 Å². The van der Waals surface area contributed by atoms with Gasteiger partial charge < -0.3 is 95.5 Å². The van der Waals surface area contributed by atoms with Crippen LogP contribution in [-0.2, 0) is 85.7 Å². The van der Waals surface area contributed by atoms with Gasteiger partial charge in [0.25, 0.3) is 5.91 Å². The fourth-order valence-corrected chi connectivity index (χ4v) is 19.9. The van der Waals surface area contributed by atoms with Gasteiger partial charge in [-0.25, -0.2) is 25.0 Å². The maximum atomic E-state index is 13.9. The summed E-state index contributed by atoms with van der Waals surface area (Å²) in [5.41, 5.74) is 5.78. The van der Waals surface area contributed by atoms with Crippen molar-refractivity contribution in [3.8, 4) is 0 Å². The first-order valence-corrected chi connectivity index (χ1v) is 48.1. The van der Waals surface area contributed by atoms with Crippen LogP contribution in [-0.4, -0.2) is 201 Å². The van der Waals surface area contributed by atoms with E-state index in [4.69, 9.17) is 143 Å². The number of Topliss-reactive ketones (excluding diaryl/α,β-unsaturated/α-hetero) is 1. The first-order valence-electron chi connectivity index (χ1n) is 41.1. The molecule has 0 unspecified atom stereocenters. The number of halogens is 11. The Labute approximate surface area is 899 Å². The normalized spacial score (nSPS) is 16.8. The fourth-order valence-electron chi connectivity index (χ4n) is 13.7. The predicted octanol–water partition coefficient (Wildman–Crippen LogP) is 13.6. The van der Waals surface area contributed by atoms with Crippen LogP contribution in [0.2, 0.25) is 35.4 Å². The molecule has 25 nitrogen and oxygen atoms in total. The summed E-state index contributed by atoms with van der Waals surface area (Å²) in [6.07, 6.45) is 6.17. The molecule has 3 aliphatic rings. The molecule has 138 heavy (non-hydrogen) atoms. The van der Waals surface area contributed by atoms with Crippen molar-refractivity contribution in [2.45, 2.75) is 141 Å². The molecule has 7 heterocycles. The van der Waals surface area contributed by atoms with Gasteiger partial charge in [0.1, 0.15) is 81.8 Å². The van der Waals surface area contributed by atoms with Crippen LogP contribution in [0.3, 0.4) is 0 Å². The third-order valence-corrected chi connectivity index (χ3v) is 28.6. The SMILES string of the molecule is C.C.COC(Cc1[c-]ccc(Cl)c1)OC.COC(Cc1cc(Cl)ccc1Br)OC.COC(Cc1cc(Cl)ccc1C(=O)[C@H]1O[C@@H](n2ccc3c(Cl)ncnc32)[C@@H]2OC(C)(C)O[C@@H]21)OC.COC=Cc1cc(Cl)ccc1Br.COC[P+](c1ccccc1)(c1ccccc1)c1ccccc1.CON(C)C(=O)[C@H]1O[C@@H](n2ccc3c(Cl)ncnc32)[C@H](O)[C@@H]1O.O=Cc1cc(Cl)ccc1Br.[CH2-]CCC.[Cl-].[Li+].[Li+]. The van der Waals surface area contributed by atoms with Crippen LogP contribution in [0.5, 0.6) is 0 Å². The molecule has 0 radical (unpaired) electrons. The molecule has 1 amide bonds. The van der Waals surface area contributed by atoms with Crippen molar-refractivity contribution in [1.29, 1.82) is 0 Å². The minimum absolute atomic E-state index is 0. The topological polar surface area (TPSA) is 276 Å². The molecule has 8 atom stereocenters. The largest absolute Gasteiger partial charge is 1.00 e. The molecular formula is C99H113Br3Cl8Li2N7O18P. The Morgan fingerprint density at radius 3 is 1.42 bits per heavy atom. The standard InChI is InChI=1S/C24H25Cl2N3O6.C20H20OP.C13H15ClN4O5.C10H12BrClO2.C10H12ClO2.C9H8BrClO.C7H4BrClO.C4H9.2CH4.ClH.2Li/c1-24(2)34-19-18(17(30)14-6-5-13(25)9-12(14)10-16(31-3)32-4)33-23(20(19)35-24)29-8-7-15-21(26)27-11-28-22(15)29;1-21-17-22(18-11-5-2-6-12-18,19-13-7-3-8-14-19)20-15-9-4-10-16-20;1-17(22-2)12(21)9-7(19)8(20)13(23-9)18-4-3-6-10(14)15-5-16-11(6)18;1-13-10(14-2)6-7-5-8(12)3-4-9(7)11;1-12-10(13-2)7-8-4-3-5-9(11)6-8;1-12-5-4-7-6-8(11)2-3-9(7)10;8-7-2-1-6(9)3-5(7)4-10;1-3-4-2;;;;;/h5-9,11,16,18-20,23H,10H2,1-4H3;2-16H,17H2,1H3;3-5,7-9,13,19-20H,1-2H3;3-5,10H,6H2,1-2H3;3,5-6,10H,7H2,1-2H3;2-6H,1H3;1-4H;1,3-4H2,2H3;2*1H4;1H;;/q;+1;;;-1;;;-1;;;;2*+1/p-1/t18-,19-,20-,23-;;7-,8+,9-,13+;;;;;;;;;;/m1.0........../s1. The molecule has 0 saturated carbocycles. The Balaban J connectivity index is 0.000000425. The molecule has 12 aromatic rings. The molecule has 2 N–H and O–H groups in total. The maximum Gasteiger partial charge on any atom is 1.00 e. The van der Waals surface area contributed by atoms with Crippen LogP contribution in [0.25, 0.3) is 28.1 Å². The number of hydrogen-bond acceptors (Lipinski definition) is 22. The van der Waals surface area contributed by atoms with E-state index in [-0.39, 0.29) is 88.5 Å². The van der Waals surface area contributed by atoms with E-state index in [2.05, 4.69) is 179 Å². The quantitative estimate of drug-likeness (QED) is 0.00557. The number of benzene rings is 8. The summed E-state index contributed by atoms with van der Waals surface area (Å²) in [6.45, 7) is 9.35. The molecule has 3 saturated heterocycles. The summed E-state index contributed by atoms with van der Waals surface area (Å²) in [5, 5.41) is 30.4. The van der Waals surface area contributed by atoms with Gasteiger partial charge in [-0.2, -0.15) is 30.2 Å². The number of carbonyl (C=O) groups is 3. The third-order valence-electron chi connectivity index (χ3n) is 20.4. The number of aliphatic hydroxyl groups excluding tert-OH is 2. The van der Waals surface area contributed by atoms with Crippen LogP contribution in [0.4, 0.5) is 0 Å². The number of amides is 1. The summed E-state index contributed by atoms with van der Waals surface area (Å²) in [4.78, 5) is 57.4. The number of hydrogen-bond donors (Lipinski definition) is 2. The first kappa shape index (κ1) is 126. The Bertz CT molecular complexity index is 5590. The number of ketones is 1. The van der Waals surface area contributed by atoms with Crippen molar-refractivity contribution in [1.82, 2.24) is 34.1 Å².